The van der Waals surface area contributed by atoms with Crippen LogP contribution in [0.5, 0.6) is 5.75 Å². The van der Waals surface area contributed by atoms with Crippen molar-refractivity contribution in [3.63, 3.8) is 0 Å². The zero-order chi connectivity index (χ0) is 14.0. The molecule has 2 atom stereocenters. The molecule has 5 heteroatoms. The first kappa shape index (κ1) is 13.4. The molecule has 2 rings (SSSR count). The summed E-state index contributed by atoms with van der Waals surface area (Å²) in [5.74, 6) is -0.0721. The van der Waals surface area contributed by atoms with Gasteiger partial charge in [0.15, 0.2) is 0 Å². The fourth-order valence-corrected chi connectivity index (χ4v) is 2.42. The van der Waals surface area contributed by atoms with E-state index in [9.17, 15) is 9.59 Å². The lowest BCUT2D eigenvalue weighted by molar-refractivity contribution is -0.146. The Bertz CT molecular complexity index is 483. The van der Waals surface area contributed by atoms with E-state index in [1.54, 1.807) is 24.1 Å². The second-order valence-corrected chi connectivity index (χ2v) is 4.54. The average molecular weight is 263 g/mol. The zero-order valence-corrected chi connectivity index (χ0v) is 11.3. The molecule has 0 aliphatic carbocycles. The fourth-order valence-electron chi connectivity index (χ4n) is 2.42. The van der Waals surface area contributed by atoms with E-state index in [1.165, 1.54) is 7.11 Å². The standard InChI is InChI=1S/C14H17NO4/c1-9-12(14(17)19-3)8-13(16)15(9)10-4-6-11(18-2)7-5-10/h4-7,9,12H,8H2,1-3H3. The first-order chi connectivity index (χ1) is 9.08. The normalized spacial score (nSPS) is 22.5. The molecule has 1 aliphatic heterocycles. The number of hydrogen-bond acceptors (Lipinski definition) is 4. The summed E-state index contributed by atoms with van der Waals surface area (Å²) >= 11 is 0. The van der Waals surface area contributed by atoms with Crippen molar-refractivity contribution in [2.24, 2.45) is 5.92 Å². The van der Waals surface area contributed by atoms with Crippen LogP contribution in [0.1, 0.15) is 13.3 Å². The molecule has 1 saturated heterocycles. The summed E-state index contributed by atoms with van der Waals surface area (Å²) in [6.45, 7) is 1.86. The number of carbonyl (C=O) groups is 2. The fraction of sp³-hybridized carbons (Fsp3) is 0.429. The van der Waals surface area contributed by atoms with Gasteiger partial charge in [-0.1, -0.05) is 0 Å². The van der Waals surface area contributed by atoms with Crippen LogP contribution >= 0.6 is 0 Å². The highest BCUT2D eigenvalue weighted by Crippen LogP contribution is 2.32. The van der Waals surface area contributed by atoms with Crippen LogP contribution in [-0.2, 0) is 14.3 Å². The van der Waals surface area contributed by atoms with Crippen LogP contribution in [0.2, 0.25) is 0 Å². The van der Waals surface area contributed by atoms with Crippen molar-refractivity contribution in [3.8, 4) is 5.75 Å². The molecule has 102 valence electrons. The molecule has 0 N–H and O–H groups in total. The van der Waals surface area contributed by atoms with Crippen LogP contribution in [0.3, 0.4) is 0 Å². The van der Waals surface area contributed by atoms with E-state index in [4.69, 9.17) is 9.47 Å². The van der Waals surface area contributed by atoms with Crippen molar-refractivity contribution < 1.29 is 19.1 Å². The van der Waals surface area contributed by atoms with E-state index in [-0.39, 0.29) is 24.3 Å². The third kappa shape index (κ3) is 2.41. The highest BCUT2D eigenvalue weighted by atomic mass is 16.5. The van der Waals surface area contributed by atoms with Gasteiger partial charge in [-0.05, 0) is 31.2 Å². The molecule has 1 amide bonds. The Labute approximate surface area is 112 Å². The first-order valence-electron chi connectivity index (χ1n) is 6.12. The van der Waals surface area contributed by atoms with Crippen molar-refractivity contribution >= 4 is 17.6 Å². The molecule has 5 nitrogen and oxygen atoms in total. The number of benzene rings is 1. The van der Waals surface area contributed by atoms with Gasteiger partial charge < -0.3 is 14.4 Å². The lowest BCUT2D eigenvalue weighted by Gasteiger charge is -2.24. The molecular formula is C14H17NO4. The summed E-state index contributed by atoms with van der Waals surface area (Å²) in [5, 5.41) is 0. The van der Waals surface area contributed by atoms with Gasteiger partial charge in [0.25, 0.3) is 0 Å². The van der Waals surface area contributed by atoms with Crippen molar-refractivity contribution in [2.75, 3.05) is 19.1 Å². The van der Waals surface area contributed by atoms with Gasteiger partial charge in [-0.2, -0.15) is 0 Å². The number of nitrogens with zero attached hydrogens (tertiary/aromatic N) is 1. The van der Waals surface area contributed by atoms with Crippen LogP contribution in [0.15, 0.2) is 24.3 Å². The molecule has 1 aromatic carbocycles. The van der Waals surface area contributed by atoms with Gasteiger partial charge in [0.05, 0.1) is 20.1 Å². The quantitative estimate of drug-likeness (QED) is 0.777. The number of esters is 1. The van der Waals surface area contributed by atoms with E-state index >= 15 is 0 Å². The third-order valence-electron chi connectivity index (χ3n) is 3.51. The minimum Gasteiger partial charge on any atom is -0.497 e. The number of rotatable bonds is 3. The summed E-state index contributed by atoms with van der Waals surface area (Å²) in [6.07, 6.45) is 0.194. The number of ether oxygens (including phenoxy) is 2. The van der Waals surface area contributed by atoms with Gasteiger partial charge in [0.2, 0.25) is 5.91 Å². The van der Waals surface area contributed by atoms with Gasteiger partial charge in [-0.3, -0.25) is 9.59 Å². The summed E-state index contributed by atoms with van der Waals surface area (Å²) < 4.78 is 9.82. The summed E-state index contributed by atoms with van der Waals surface area (Å²) in [4.78, 5) is 25.3. The molecule has 19 heavy (non-hydrogen) atoms. The Hall–Kier alpha value is -2.04. The SMILES string of the molecule is COC(=O)C1CC(=O)N(c2ccc(OC)cc2)C1C. The van der Waals surface area contributed by atoms with Crippen molar-refractivity contribution in [1.29, 1.82) is 0 Å². The molecule has 1 aliphatic rings. The Balaban J connectivity index is 2.24. The highest BCUT2D eigenvalue weighted by Gasteiger charge is 2.42. The van der Waals surface area contributed by atoms with E-state index in [0.717, 1.165) is 11.4 Å². The van der Waals surface area contributed by atoms with E-state index in [2.05, 4.69) is 0 Å². The first-order valence-corrected chi connectivity index (χ1v) is 6.12. The molecule has 1 aromatic rings. The molecular weight excluding hydrogens is 246 g/mol. The maximum absolute atomic E-state index is 12.1. The maximum atomic E-state index is 12.1. The lowest BCUT2D eigenvalue weighted by Crippen LogP contribution is -2.35. The topological polar surface area (TPSA) is 55.8 Å². The van der Waals surface area contributed by atoms with Crippen molar-refractivity contribution in [1.82, 2.24) is 0 Å². The summed E-state index contributed by atoms with van der Waals surface area (Å²) in [6, 6.07) is 7.01. The summed E-state index contributed by atoms with van der Waals surface area (Å²) in [7, 11) is 2.93. The molecule has 0 saturated carbocycles. The van der Waals surface area contributed by atoms with E-state index in [1.807, 2.05) is 19.1 Å². The molecule has 0 radical (unpaired) electrons. The second kappa shape index (κ2) is 5.30. The minimum absolute atomic E-state index is 0.0620. The second-order valence-electron chi connectivity index (χ2n) is 4.54. The minimum atomic E-state index is -0.403. The van der Waals surface area contributed by atoms with Crippen LogP contribution in [0.25, 0.3) is 0 Å². The number of amides is 1. The van der Waals surface area contributed by atoms with Crippen LogP contribution < -0.4 is 9.64 Å². The highest BCUT2D eigenvalue weighted by molar-refractivity contribution is 6.00. The van der Waals surface area contributed by atoms with Gasteiger partial charge in [0, 0.05) is 18.2 Å². The van der Waals surface area contributed by atoms with Crippen molar-refractivity contribution in [3.05, 3.63) is 24.3 Å². The molecule has 2 unspecified atom stereocenters. The monoisotopic (exact) mass is 263 g/mol. The van der Waals surface area contributed by atoms with Crippen LogP contribution in [-0.4, -0.2) is 32.1 Å². The van der Waals surface area contributed by atoms with Gasteiger partial charge >= 0.3 is 5.97 Å². The van der Waals surface area contributed by atoms with Crippen LogP contribution in [0.4, 0.5) is 5.69 Å². The molecule has 0 aromatic heterocycles. The Morgan fingerprint density at radius 1 is 1.26 bits per heavy atom. The molecule has 1 fully saturated rings. The Kier molecular flexibility index (Phi) is 3.74. The predicted molar refractivity (Wildman–Crippen MR) is 70.1 cm³/mol. The van der Waals surface area contributed by atoms with Gasteiger partial charge in [0.1, 0.15) is 5.75 Å². The zero-order valence-electron chi connectivity index (χ0n) is 11.3. The van der Waals surface area contributed by atoms with Crippen molar-refractivity contribution in [2.45, 2.75) is 19.4 Å². The number of anilines is 1. The largest absolute Gasteiger partial charge is 0.497 e. The third-order valence-corrected chi connectivity index (χ3v) is 3.51. The molecule has 0 spiro atoms. The lowest BCUT2D eigenvalue weighted by atomic mass is 10.0. The number of carbonyl (C=O) groups excluding carboxylic acids is 2. The number of hydrogen-bond donors (Lipinski definition) is 0. The van der Waals surface area contributed by atoms with E-state index in [0.29, 0.717) is 0 Å². The van der Waals surface area contributed by atoms with Gasteiger partial charge in [-0.25, -0.2) is 0 Å². The molecule has 1 heterocycles. The van der Waals surface area contributed by atoms with Crippen LogP contribution in [0, 0.1) is 5.92 Å². The maximum Gasteiger partial charge on any atom is 0.311 e. The smallest absolute Gasteiger partial charge is 0.311 e. The Morgan fingerprint density at radius 3 is 2.42 bits per heavy atom. The van der Waals surface area contributed by atoms with E-state index < -0.39 is 5.92 Å². The number of methoxy groups -OCH3 is 2. The molecule has 0 bridgehead atoms. The average Bonchev–Trinajstić information content (AvgIpc) is 2.73. The predicted octanol–water partition coefficient (Wildman–Crippen LogP) is 1.61. The Morgan fingerprint density at radius 2 is 1.89 bits per heavy atom. The summed E-state index contributed by atoms with van der Waals surface area (Å²) in [5.41, 5.74) is 0.768. The van der Waals surface area contributed by atoms with Gasteiger partial charge in [-0.15, -0.1) is 0 Å².